The van der Waals surface area contributed by atoms with Gasteiger partial charge in [-0.1, -0.05) is 19.1 Å². The molecule has 0 aliphatic rings. The molecular weight excluding hydrogens is 296 g/mol. The molecule has 120 valence electrons. The molecule has 0 atom stereocenters. The average molecular weight is 314 g/mol. The zero-order valence-corrected chi connectivity index (χ0v) is 13.1. The average Bonchev–Trinajstić information content (AvgIpc) is 2.60. The fraction of sp³-hybridized carbons (Fsp3) is 0.222. The summed E-state index contributed by atoms with van der Waals surface area (Å²) in [5.74, 6) is -0.136. The number of esters is 2. The van der Waals surface area contributed by atoms with Gasteiger partial charge in [0, 0.05) is 0 Å². The predicted octanol–water partition coefficient (Wildman–Crippen LogP) is 3.48. The van der Waals surface area contributed by atoms with E-state index in [1.807, 2.05) is 6.92 Å². The number of benzene rings is 2. The van der Waals surface area contributed by atoms with Crippen LogP contribution in [0.2, 0.25) is 0 Å². The summed E-state index contributed by atoms with van der Waals surface area (Å²) in [7, 11) is 1.49. The van der Waals surface area contributed by atoms with Crippen molar-refractivity contribution in [1.82, 2.24) is 0 Å². The minimum Gasteiger partial charge on any atom is -0.496 e. The molecule has 23 heavy (non-hydrogen) atoms. The van der Waals surface area contributed by atoms with E-state index in [-0.39, 0.29) is 0 Å². The molecule has 5 heteroatoms. The molecule has 0 bridgehead atoms. The maximum absolute atomic E-state index is 12.2. The molecule has 0 aromatic heterocycles. The van der Waals surface area contributed by atoms with Crippen molar-refractivity contribution in [3.05, 3.63) is 59.7 Å². The number of methoxy groups -OCH3 is 1. The Kier molecular flexibility index (Phi) is 5.74. The Morgan fingerprint density at radius 3 is 2.30 bits per heavy atom. The summed E-state index contributed by atoms with van der Waals surface area (Å²) >= 11 is 0. The van der Waals surface area contributed by atoms with Crippen LogP contribution < -0.4 is 9.47 Å². The number of rotatable bonds is 6. The maximum Gasteiger partial charge on any atom is 0.347 e. The zero-order valence-electron chi connectivity index (χ0n) is 13.1. The first-order chi connectivity index (χ1) is 11.2. The number of ether oxygens (including phenoxy) is 3. The van der Waals surface area contributed by atoms with E-state index in [2.05, 4.69) is 0 Å². The van der Waals surface area contributed by atoms with Crippen LogP contribution in [0.15, 0.2) is 48.5 Å². The van der Waals surface area contributed by atoms with Crippen molar-refractivity contribution in [3.63, 3.8) is 0 Å². The van der Waals surface area contributed by atoms with Crippen molar-refractivity contribution >= 4 is 11.9 Å². The lowest BCUT2D eigenvalue weighted by Gasteiger charge is -2.08. The second kappa shape index (κ2) is 7.98. The fourth-order valence-electron chi connectivity index (χ4n) is 1.91. The summed E-state index contributed by atoms with van der Waals surface area (Å²) in [6, 6.07) is 13.0. The van der Waals surface area contributed by atoms with Gasteiger partial charge in [0.05, 0.1) is 19.3 Å². The Labute approximate surface area is 134 Å². The van der Waals surface area contributed by atoms with E-state index in [1.165, 1.54) is 7.11 Å². The number of para-hydroxylation sites is 1. The van der Waals surface area contributed by atoms with Crippen LogP contribution in [0.25, 0.3) is 0 Å². The second-order valence-corrected chi connectivity index (χ2v) is 4.75. The van der Waals surface area contributed by atoms with Crippen LogP contribution in [0.1, 0.15) is 34.1 Å². The SMILES string of the molecule is CCCOC(=O)c1ccc(OC(=O)c2ccccc2OC)cc1. The molecule has 0 radical (unpaired) electrons. The Hall–Kier alpha value is -2.82. The van der Waals surface area contributed by atoms with Crippen LogP contribution in [0.5, 0.6) is 11.5 Å². The topological polar surface area (TPSA) is 61.8 Å². The fourth-order valence-corrected chi connectivity index (χ4v) is 1.91. The molecule has 0 saturated carbocycles. The lowest BCUT2D eigenvalue weighted by Crippen LogP contribution is -2.10. The van der Waals surface area contributed by atoms with Crippen LogP contribution in [0.3, 0.4) is 0 Å². The van der Waals surface area contributed by atoms with Crippen LogP contribution in [-0.4, -0.2) is 25.7 Å². The van der Waals surface area contributed by atoms with Crippen molar-refractivity contribution in [2.75, 3.05) is 13.7 Å². The van der Waals surface area contributed by atoms with Crippen molar-refractivity contribution in [2.24, 2.45) is 0 Å². The third kappa shape index (κ3) is 4.32. The summed E-state index contributed by atoms with van der Waals surface area (Å²) in [4.78, 5) is 23.9. The van der Waals surface area contributed by atoms with E-state index in [0.29, 0.717) is 29.2 Å². The molecule has 0 fully saturated rings. The van der Waals surface area contributed by atoms with Crippen molar-refractivity contribution in [3.8, 4) is 11.5 Å². The van der Waals surface area contributed by atoms with Gasteiger partial charge in [-0.15, -0.1) is 0 Å². The largest absolute Gasteiger partial charge is 0.496 e. The third-order valence-electron chi connectivity index (χ3n) is 3.06. The number of carbonyl (C=O) groups excluding carboxylic acids is 2. The predicted molar refractivity (Wildman–Crippen MR) is 85.0 cm³/mol. The van der Waals surface area contributed by atoms with Crippen molar-refractivity contribution in [1.29, 1.82) is 0 Å². The summed E-state index contributed by atoms with van der Waals surface area (Å²) in [5, 5.41) is 0. The van der Waals surface area contributed by atoms with Gasteiger partial charge in [-0.3, -0.25) is 0 Å². The minimum atomic E-state index is -0.524. The summed E-state index contributed by atoms with van der Waals surface area (Å²) < 4.78 is 15.5. The number of hydrogen-bond donors (Lipinski definition) is 0. The van der Waals surface area contributed by atoms with Crippen molar-refractivity contribution in [2.45, 2.75) is 13.3 Å². The van der Waals surface area contributed by atoms with Crippen LogP contribution in [0, 0.1) is 0 Å². The van der Waals surface area contributed by atoms with Gasteiger partial charge in [0.25, 0.3) is 0 Å². The van der Waals surface area contributed by atoms with Gasteiger partial charge in [-0.2, -0.15) is 0 Å². The molecule has 5 nitrogen and oxygen atoms in total. The van der Waals surface area contributed by atoms with E-state index in [1.54, 1.807) is 48.5 Å². The zero-order chi connectivity index (χ0) is 16.7. The summed E-state index contributed by atoms with van der Waals surface area (Å²) in [5.41, 5.74) is 0.747. The van der Waals surface area contributed by atoms with Crippen LogP contribution in [0.4, 0.5) is 0 Å². The maximum atomic E-state index is 12.2. The van der Waals surface area contributed by atoms with Gasteiger partial charge in [-0.05, 0) is 42.8 Å². The molecule has 0 saturated heterocycles. The van der Waals surface area contributed by atoms with Gasteiger partial charge in [0.15, 0.2) is 0 Å². The molecule has 0 aliphatic heterocycles. The molecule has 0 heterocycles. The molecule has 0 unspecified atom stereocenters. The molecular formula is C18H18O5. The molecule has 0 spiro atoms. The summed E-state index contributed by atoms with van der Waals surface area (Å²) in [6.07, 6.45) is 0.764. The van der Waals surface area contributed by atoms with Gasteiger partial charge >= 0.3 is 11.9 Å². The number of hydrogen-bond acceptors (Lipinski definition) is 5. The lowest BCUT2D eigenvalue weighted by molar-refractivity contribution is 0.0505. The van der Waals surface area contributed by atoms with E-state index in [4.69, 9.17) is 14.2 Å². The van der Waals surface area contributed by atoms with Gasteiger partial charge in [0.2, 0.25) is 0 Å². The first-order valence-corrected chi connectivity index (χ1v) is 7.28. The highest BCUT2D eigenvalue weighted by atomic mass is 16.5. The monoisotopic (exact) mass is 314 g/mol. The van der Waals surface area contributed by atoms with E-state index >= 15 is 0 Å². The lowest BCUT2D eigenvalue weighted by atomic mass is 10.2. The van der Waals surface area contributed by atoms with Gasteiger partial charge < -0.3 is 14.2 Å². The summed E-state index contributed by atoms with van der Waals surface area (Å²) in [6.45, 7) is 2.30. The molecule has 2 rings (SSSR count). The first kappa shape index (κ1) is 16.5. The van der Waals surface area contributed by atoms with Gasteiger partial charge in [0.1, 0.15) is 17.1 Å². The van der Waals surface area contributed by atoms with Crippen LogP contribution >= 0.6 is 0 Å². The standard InChI is InChI=1S/C18H18O5/c1-3-12-22-17(19)13-8-10-14(11-9-13)23-18(20)15-6-4-5-7-16(15)21-2/h4-11H,3,12H2,1-2H3. The molecule has 0 N–H and O–H groups in total. The van der Waals surface area contributed by atoms with E-state index in [9.17, 15) is 9.59 Å². The number of carbonyl (C=O) groups is 2. The van der Waals surface area contributed by atoms with E-state index < -0.39 is 11.9 Å². The second-order valence-electron chi connectivity index (χ2n) is 4.75. The van der Waals surface area contributed by atoms with E-state index in [0.717, 1.165) is 6.42 Å². The quantitative estimate of drug-likeness (QED) is 0.603. The first-order valence-electron chi connectivity index (χ1n) is 7.28. The smallest absolute Gasteiger partial charge is 0.347 e. The molecule has 2 aromatic carbocycles. The molecule has 2 aromatic rings. The normalized spacial score (nSPS) is 10.0. The highest BCUT2D eigenvalue weighted by Crippen LogP contribution is 2.20. The van der Waals surface area contributed by atoms with Gasteiger partial charge in [-0.25, -0.2) is 9.59 Å². The highest BCUT2D eigenvalue weighted by Gasteiger charge is 2.14. The third-order valence-corrected chi connectivity index (χ3v) is 3.06. The Bertz CT molecular complexity index is 676. The Balaban J connectivity index is 2.06. The molecule has 0 aliphatic carbocycles. The Morgan fingerprint density at radius 1 is 0.957 bits per heavy atom. The van der Waals surface area contributed by atoms with Crippen LogP contribution in [-0.2, 0) is 4.74 Å². The highest BCUT2D eigenvalue weighted by molar-refractivity contribution is 5.94. The molecule has 0 amide bonds. The Morgan fingerprint density at radius 2 is 1.65 bits per heavy atom. The minimum absolute atomic E-state index is 0.335. The van der Waals surface area contributed by atoms with Crippen molar-refractivity contribution < 1.29 is 23.8 Å².